The minimum absolute atomic E-state index is 0.235. The monoisotopic (exact) mass is 207 g/mol. The van der Waals surface area contributed by atoms with Crippen molar-refractivity contribution < 1.29 is 24.4 Å². The second-order valence-electron chi connectivity index (χ2n) is 3.29. The molecule has 0 aromatic heterocycles. The van der Waals surface area contributed by atoms with Gasteiger partial charge in [0, 0.05) is 14.2 Å². The van der Waals surface area contributed by atoms with E-state index in [-0.39, 0.29) is 6.61 Å². The van der Waals surface area contributed by atoms with Crippen molar-refractivity contribution in [3.63, 3.8) is 0 Å². The number of hydrogen-bond acceptors (Lipinski definition) is 6. The van der Waals surface area contributed by atoms with Gasteiger partial charge in [0.2, 0.25) is 0 Å². The molecule has 4 N–H and O–H groups in total. The molecule has 1 heterocycles. The second kappa shape index (κ2) is 5.01. The molecule has 0 amide bonds. The third kappa shape index (κ3) is 2.22. The minimum atomic E-state index is -1.18. The standard InChI is InChI=1S/C8H17NO5/c1-12-3-4-7(13-2)6(10)5(9)8(11)14-4/h4-8,10-11H,3,9H2,1-2H3/t4-,5-,6-,7+,8?/m1/s1. The first-order chi connectivity index (χ1) is 6.61. The maximum absolute atomic E-state index is 9.66. The largest absolute Gasteiger partial charge is 0.388 e. The molecule has 1 unspecified atom stereocenters. The number of ether oxygens (including phenoxy) is 3. The zero-order valence-corrected chi connectivity index (χ0v) is 8.29. The van der Waals surface area contributed by atoms with E-state index in [1.165, 1.54) is 14.2 Å². The minimum Gasteiger partial charge on any atom is -0.388 e. The lowest BCUT2D eigenvalue weighted by Gasteiger charge is -2.40. The van der Waals surface area contributed by atoms with Crippen LogP contribution in [0.25, 0.3) is 0 Å². The van der Waals surface area contributed by atoms with Crippen LogP contribution in [0, 0.1) is 0 Å². The second-order valence-corrected chi connectivity index (χ2v) is 3.29. The van der Waals surface area contributed by atoms with Gasteiger partial charge in [0.15, 0.2) is 6.29 Å². The molecule has 0 aromatic carbocycles. The fraction of sp³-hybridized carbons (Fsp3) is 1.00. The van der Waals surface area contributed by atoms with Crippen molar-refractivity contribution in [2.75, 3.05) is 20.8 Å². The number of aliphatic hydroxyl groups is 2. The Kier molecular flexibility index (Phi) is 4.24. The van der Waals surface area contributed by atoms with Gasteiger partial charge in [-0.05, 0) is 0 Å². The highest BCUT2D eigenvalue weighted by Crippen LogP contribution is 2.20. The molecule has 1 saturated heterocycles. The highest BCUT2D eigenvalue weighted by atomic mass is 16.6. The average Bonchev–Trinajstić information content (AvgIpc) is 2.16. The Hall–Kier alpha value is -0.240. The summed E-state index contributed by atoms with van der Waals surface area (Å²) in [5.41, 5.74) is 5.50. The maximum Gasteiger partial charge on any atom is 0.173 e. The van der Waals surface area contributed by atoms with E-state index in [2.05, 4.69) is 0 Å². The Morgan fingerprint density at radius 3 is 2.50 bits per heavy atom. The summed E-state index contributed by atoms with van der Waals surface area (Å²) >= 11 is 0. The first kappa shape index (κ1) is 11.8. The molecule has 1 aliphatic heterocycles. The summed E-state index contributed by atoms with van der Waals surface area (Å²) in [5, 5.41) is 19.0. The molecule has 0 bridgehead atoms. The van der Waals surface area contributed by atoms with Gasteiger partial charge in [-0.1, -0.05) is 0 Å². The molecule has 0 aliphatic carbocycles. The van der Waals surface area contributed by atoms with Crippen LogP contribution in [0.1, 0.15) is 0 Å². The summed E-state index contributed by atoms with van der Waals surface area (Å²) < 4.78 is 15.1. The zero-order valence-electron chi connectivity index (χ0n) is 8.29. The first-order valence-electron chi connectivity index (χ1n) is 4.40. The number of rotatable bonds is 3. The molecule has 0 radical (unpaired) electrons. The molecule has 6 heteroatoms. The normalized spacial score (nSPS) is 43.9. The summed E-state index contributed by atoms with van der Waals surface area (Å²) in [7, 11) is 2.95. The van der Waals surface area contributed by atoms with Crippen LogP contribution in [-0.4, -0.2) is 61.7 Å². The van der Waals surface area contributed by atoms with Gasteiger partial charge in [0.1, 0.15) is 18.3 Å². The summed E-state index contributed by atoms with van der Waals surface area (Å²) in [6.07, 6.45) is -3.22. The average molecular weight is 207 g/mol. The quantitative estimate of drug-likeness (QED) is 0.498. The van der Waals surface area contributed by atoms with Gasteiger partial charge in [0.05, 0.1) is 12.6 Å². The third-order valence-corrected chi connectivity index (χ3v) is 2.34. The molecule has 0 spiro atoms. The van der Waals surface area contributed by atoms with Crippen molar-refractivity contribution in [2.24, 2.45) is 5.73 Å². The lowest BCUT2D eigenvalue weighted by Crippen LogP contribution is -2.62. The van der Waals surface area contributed by atoms with Gasteiger partial charge in [-0.2, -0.15) is 0 Å². The molecular weight excluding hydrogens is 190 g/mol. The van der Waals surface area contributed by atoms with E-state index >= 15 is 0 Å². The Morgan fingerprint density at radius 1 is 1.36 bits per heavy atom. The molecule has 5 atom stereocenters. The van der Waals surface area contributed by atoms with Crippen molar-refractivity contribution in [1.29, 1.82) is 0 Å². The topological polar surface area (TPSA) is 94.2 Å². The van der Waals surface area contributed by atoms with Crippen LogP contribution >= 0.6 is 0 Å². The van der Waals surface area contributed by atoms with E-state index in [4.69, 9.17) is 19.9 Å². The highest BCUT2D eigenvalue weighted by Gasteiger charge is 2.42. The van der Waals surface area contributed by atoms with Gasteiger partial charge in [-0.25, -0.2) is 0 Å². The van der Waals surface area contributed by atoms with Crippen LogP contribution < -0.4 is 5.73 Å². The highest BCUT2D eigenvalue weighted by molar-refractivity contribution is 4.91. The number of hydrogen-bond donors (Lipinski definition) is 3. The smallest absolute Gasteiger partial charge is 0.173 e. The predicted molar refractivity (Wildman–Crippen MR) is 47.5 cm³/mol. The Labute approximate surface area is 82.6 Å². The van der Waals surface area contributed by atoms with Crippen molar-refractivity contribution in [3.8, 4) is 0 Å². The fourth-order valence-electron chi connectivity index (χ4n) is 1.54. The van der Waals surface area contributed by atoms with Crippen molar-refractivity contribution in [3.05, 3.63) is 0 Å². The van der Waals surface area contributed by atoms with Crippen LogP contribution in [0.3, 0.4) is 0 Å². The van der Waals surface area contributed by atoms with Gasteiger partial charge >= 0.3 is 0 Å². The fourth-order valence-corrected chi connectivity index (χ4v) is 1.54. The summed E-state index contributed by atoms with van der Waals surface area (Å²) in [5.74, 6) is 0. The molecule has 0 aromatic rings. The molecule has 1 aliphatic rings. The summed E-state index contributed by atoms with van der Waals surface area (Å²) in [4.78, 5) is 0. The van der Waals surface area contributed by atoms with E-state index in [1.807, 2.05) is 0 Å². The van der Waals surface area contributed by atoms with E-state index in [9.17, 15) is 10.2 Å². The van der Waals surface area contributed by atoms with Crippen molar-refractivity contribution in [1.82, 2.24) is 0 Å². The van der Waals surface area contributed by atoms with E-state index < -0.39 is 30.6 Å². The van der Waals surface area contributed by atoms with E-state index in [0.29, 0.717) is 0 Å². The Bertz CT molecular complexity index is 179. The lowest BCUT2D eigenvalue weighted by molar-refractivity contribution is -0.255. The maximum atomic E-state index is 9.66. The molecular formula is C8H17NO5. The molecule has 1 rings (SSSR count). The number of nitrogens with two attached hydrogens (primary N) is 1. The van der Waals surface area contributed by atoms with Gasteiger partial charge in [-0.3, -0.25) is 0 Å². The summed E-state index contributed by atoms with van der Waals surface area (Å²) in [6, 6.07) is -0.854. The lowest BCUT2D eigenvalue weighted by atomic mass is 9.98. The van der Waals surface area contributed by atoms with Gasteiger partial charge in [0.25, 0.3) is 0 Å². The molecule has 0 saturated carbocycles. The van der Waals surface area contributed by atoms with E-state index in [0.717, 1.165) is 0 Å². The van der Waals surface area contributed by atoms with Crippen molar-refractivity contribution >= 4 is 0 Å². The van der Waals surface area contributed by atoms with Crippen molar-refractivity contribution in [2.45, 2.75) is 30.6 Å². The SMILES string of the molecule is COC[C@H]1OC(O)[C@H](N)[C@@H](O)[C@H]1OC. The number of aliphatic hydroxyl groups excluding tert-OH is 2. The van der Waals surface area contributed by atoms with Crippen LogP contribution in [0.4, 0.5) is 0 Å². The molecule has 1 fully saturated rings. The van der Waals surface area contributed by atoms with Gasteiger partial charge in [-0.15, -0.1) is 0 Å². The molecule has 14 heavy (non-hydrogen) atoms. The zero-order chi connectivity index (χ0) is 10.7. The van der Waals surface area contributed by atoms with Crippen LogP contribution in [0.2, 0.25) is 0 Å². The Balaban J connectivity index is 2.66. The summed E-state index contributed by atoms with van der Waals surface area (Å²) in [6.45, 7) is 0.235. The molecule has 84 valence electrons. The van der Waals surface area contributed by atoms with Gasteiger partial charge < -0.3 is 30.2 Å². The van der Waals surface area contributed by atoms with Crippen LogP contribution in [0.5, 0.6) is 0 Å². The van der Waals surface area contributed by atoms with Crippen LogP contribution in [0.15, 0.2) is 0 Å². The molecule has 6 nitrogen and oxygen atoms in total. The predicted octanol–water partition coefficient (Wildman–Crippen LogP) is -1.95. The van der Waals surface area contributed by atoms with Crippen LogP contribution in [-0.2, 0) is 14.2 Å². The Morgan fingerprint density at radius 2 is 2.00 bits per heavy atom. The number of methoxy groups -OCH3 is 2. The first-order valence-corrected chi connectivity index (χ1v) is 4.40. The van der Waals surface area contributed by atoms with E-state index in [1.54, 1.807) is 0 Å². The third-order valence-electron chi connectivity index (χ3n) is 2.34.